The Morgan fingerprint density at radius 2 is 1.58 bits per heavy atom. The van der Waals surface area contributed by atoms with Crippen LogP contribution >= 0.6 is 0 Å². The number of hydrogen-bond acceptors (Lipinski definition) is 2. The molecule has 0 aliphatic heterocycles. The van der Waals surface area contributed by atoms with Gasteiger partial charge in [-0.25, -0.2) is 0 Å². The number of aryl methyl sites for hydroxylation is 1. The van der Waals surface area contributed by atoms with E-state index >= 15 is 0 Å². The zero-order chi connectivity index (χ0) is 18.2. The van der Waals surface area contributed by atoms with Gasteiger partial charge in [-0.15, -0.1) is 0 Å². The highest BCUT2D eigenvalue weighted by Gasteiger charge is 2.00. The van der Waals surface area contributed by atoms with E-state index in [4.69, 9.17) is 9.73 Å². The minimum atomic E-state index is 0.613. The Morgan fingerprint density at radius 1 is 0.885 bits per heavy atom. The molecule has 0 spiro atoms. The second kappa shape index (κ2) is 8.69. The first-order valence-corrected chi connectivity index (χ1v) is 8.56. The molecule has 0 unspecified atom stereocenters. The number of methoxy groups -OCH3 is 1. The second-order valence-electron chi connectivity index (χ2n) is 5.99. The third kappa shape index (κ3) is 4.84. The molecule has 26 heavy (non-hydrogen) atoms. The third-order valence-corrected chi connectivity index (χ3v) is 4.00. The van der Waals surface area contributed by atoms with Crippen LogP contribution in [0.5, 0.6) is 5.75 Å². The predicted octanol–water partition coefficient (Wildman–Crippen LogP) is 5.04. The molecule has 0 bridgehead atoms. The van der Waals surface area contributed by atoms with E-state index in [9.17, 15) is 0 Å². The van der Waals surface area contributed by atoms with E-state index in [1.165, 1.54) is 11.1 Å². The van der Waals surface area contributed by atoms with Crippen LogP contribution in [0, 0.1) is 18.8 Å². The van der Waals surface area contributed by atoms with E-state index in [0.717, 1.165) is 22.6 Å². The molecule has 0 aliphatic rings. The molecule has 3 aromatic carbocycles. The van der Waals surface area contributed by atoms with Gasteiger partial charge in [0.25, 0.3) is 0 Å². The van der Waals surface area contributed by atoms with Crippen molar-refractivity contribution in [3.8, 4) is 17.6 Å². The van der Waals surface area contributed by atoms with Crippen molar-refractivity contribution in [2.75, 3.05) is 7.11 Å². The number of hydrogen-bond donors (Lipinski definition) is 0. The summed E-state index contributed by atoms with van der Waals surface area (Å²) in [5.41, 5.74) is 5.18. The van der Waals surface area contributed by atoms with E-state index in [-0.39, 0.29) is 0 Å². The van der Waals surface area contributed by atoms with Crippen molar-refractivity contribution in [1.29, 1.82) is 0 Å². The zero-order valence-electron chi connectivity index (χ0n) is 15.1. The van der Waals surface area contributed by atoms with Crippen molar-refractivity contribution in [2.24, 2.45) is 4.99 Å². The highest BCUT2D eigenvalue weighted by Crippen LogP contribution is 2.11. The van der Waals surface area contributed by atoms with Gasteiger partial charge in [-0.2, -0.15) is 0 Å². The summed E-state index contributed by atoms with van der Waals surface area (Å²) >= 11 is 0. The molecule has 0 aliphatic carbocycles. The van der Waals surface area contributed by atoms with Crippen LogP contribution in [0.4, 0.5) is 0 Å². The predicted molar refractivity (Wildman–Crippen MR) is 108 cm³/mol. The second-order valence-corrected chi connectivity index (χ2v) is 5.99. The number of nitrogens with zero attached hydrogens (tertiary/aromatic N) is 1. The largest absolute Gasteiger partial charge is 0.497 e. The summed E-state index contributed by atoms with van der Waals surface area (Å²) in [6.07, 6.45) is 0. The Bertz CT molecular complexity index is 928. The highest BCUT2D eigenvalue weighted by molar-refractivity contribution is 6.13. The fourth-order valence-corrected chi connectivity index (χ4v) is 2.47. The van der Waals surface area contributed by atoms with Crippen molar-refractivity contribution in [3.63, 3.8) is 0 Å². The van der Waals surface area contributed by atoms with E-state index in [2.05, 4.69) is 43.0 Å². The smallest absolute Gasteiger partial charge is 0.118 e. The van der Waals surface area contributed by atoms with Gasteiger partial charge >= 0.3 is 0 Å². The topological polar surface area (TPSA) is 21.6 Å². The van der Waals surface area contributed by atoms with Crippen LogP contribution in [0.15, 0.2) is 83.9 Å². The molecule has 128 valence electrons. The molecule has 0 fully saturated rings. The lowest BCUT2D eigenvalue weighted by atomic mass is 10.1. The molecule has 0 radical (unpaired) electrons. The molecule has 3 aromatic rings. The first-order valence-electron chi connectivity index (χ1n) is 8.56. The summed E-state index contributed by atoms with van der Waals surface area (Å²) in [4.78, 5) is 4.76. The van der Waals surface area contributed by atoms with Gasteiger partial charge in [-0.1, -0.05) is 66.1 Å². The first kappa shape index (κ1) is 17.5. The number of ether oxygens (including phenoxy) is 1. The Morgan fingerprint density at radius 3 is 2.23 bits per heavy atom. The maximum absolute atomic E-state index is 5.19. The number of rotatable bonds is 4. The molecule has 3 rings (SSSR count). The lowest BCUT2D eigenvalue weighted by Gasteiger charge is -2.02. The summed E-state index contributed by atoms with van der Waals surface area (Å²) in [5, 5.41) is 0. The van der Waals surface area contributed by atoms with Crippen LogP contribution < -0.4 is 4.74 Å². The van der Waals surface area contributed by atoms with E-state index < -0.39 is 0 Å². The molecule has 0 amide bonds. The van der Waals surface area contributed by atoms with Crippen molar-refractivity contribution in [2.45, 2.75) is 13.5 Å². The summed E-state index contributed by atoms with van der Waals surface area (Å²) < 4.78 is 5.19. The Hall–Kier alpha value is -3.31. The van der Waals surface area contributed by atoms with Gasteiger partial charge in [0, 0.05) is 11.1 Å². The van der Waals surface area contributed by atoms with Crippen molar-refractivity contribution >= 4 is 5.71 Å². The number of benzene rings is 3. The average molecular weight is 339 g/mol. The minimum absolute atomic E-state index is 0.613. The quantitative estimate of drug-likeness (QED) is 0.482. The maximum Gasteiger partial charge on any atom is 0.118 e. The lowest BCUT2D eigenvalue weighted by Crippen LogP contribution is -1.99. The molecule has 0 atom stereocenters. The van der Waals surface area contributed by atoms with Crippen LogP contribution in [-0.2, 0) is 6.54 Å². The van der Waals surface area contributed by atoms with E-state index in [0.29, 0.717) is 6.54 Å². The fraction of sp³-hybridized carbons (Fsp3) is 0.125. The minimum Gasteiger partial charge on any atom is -0.497 e. The fourth-order valence-electron chi connectivity index (χ4n) is 2.47. The molecule has 0 heterocycles. The molecule has 0 N–H and O–H groups in total. The van der Waals surface area contributed by atoms with Crippen LogP contribution in [-0.4, -0.2) is 12.8 Å². The standard InChI is InChI=1S/C24H21NO/c1-19-8-10-21(11-9-19)18-25-24(22-6-4-3-5-7-22)17-14-20-12-15-23(26-2)16-13-20/h3-13,15-16H,18H2,1-2H3. The average Bonchev–Trinajstić information content (AvgIpc) is 2.70. The van der Waals surface area contributed by atoms with Gasteiger partial charge in [-0.3, -0.25) is 4.99 Å². The summed E-state index contributed by atoms with van der Waals surface area (Å²) in [6, 6.07) is 26.2. The Kier molecular flexibility index (Phi) is 5.85. The number of aliphatic imine (C=N–C) groups is 1. The summed E-state index contributed by atoms with van der Waals surface area (Å²) in [6.45, 7) is 2.70. The molecule has 0 aromatic heterocycles. The molecule has 0 saturated carbocycles. The van der Waals surface area contributed by atoms with Gasteiger partial charge in [0.15, 0.2) is 0 Å². The van der Waals surface area contributed by atoms with Gasteiger partial charge in [0.2, 0.25) is 0 Å². The van der Waals surface area contributed by atoms with Crippen molar-refractivity contribution in [3.05, 3.63) is 101 Å². The third-order valence-electron chi connectivity index (χ3n) is 4.00. The molecule has 2 nitrogen and oxygen atoms in total. The van der Waals surface area contributed by atoms with Crippen LogP contribution in [0.3, 0.4) is 0 Å². The van der Waals surface area contributed by atoms with E-state index in [1.807, 2.05) is 54.6 Å². The molecular weight excluding hydrogens is 318 g/mol. The van der Waals surface area contributed by atoms with Gasteiger partial charge in [-0.05, 0) is 42.7 Å². The van der Waals surface area contributed by atoms with Gasteiger partial charge < -0.3 is 4.74 Å². The molecular formula is C24H21NO. The molecule has 0 saturated heterocycles. The monoisotopic (exact) mass is 339 g/mol. The van der Waals surface area contributed by atoms with Crippen LogP contribution in [0.2, 0.25) is 0 Å². The molecule has 2 heteroatoms. The summed E-state index contributed by atoms with van der Waals surface area (Å²) in [7, 11) is 1.66. The van der Waals surface area contributed by atoms with Gasteiger partial charge in [0.05, 0.1) is 13.7 Å². The highest BCUT2D eigenvalue weighted by atomic mass is 16.5. The Balaban J connectivity index is 1.87. The van der Waals surface area contributed by atoms with E-state index in [1.54, 1.807) is 7.11 Å². The zero-order valence-corrected chi connectivity index (χ0v) is 15.1. The lowest BCUT2D eigenvalue weighted by molar-refractivity contribution is 0.415. The van der Waals surface area contributed by atoms with Crippen LogP contribution in [0.25, 0.3) is 0 Å². The SMILES string of the molecule is COc1ccc(C#CC(=NCc2ccc(C)cc2)c2ccccc2)cc1. The van der Waals surface area contributed by atoms with Crippen molar-refractivity contribution < 1.29 is 4.74 Å². The maximum atomic E-state index is 5.19. The normalized spacial score (nSPS) is 10.8. The van der Waals surface area contributed by atoms with Crippen LogP contribution in [0.1, 0.15) is 22.3 Å². The first-order chi connectivity index (χ1) is 12.7. The summed E-state index contributed by atoms with van der Waals surface area (Å²) in [5.74, 6) is 7.26. The van der Waals surface area contributed by atoms with Crippen molar-refractivity contribution in [1.82, 2.24) is 0 Å². The van der Waals surface area contributed by atoms with Gasteiger partial charge in [0.1, 0.15) is 11.5 Å². The Labute approximate surface area is 155 Å².